The normalized spacial score (nSPS) is 16.0. The van der Waals surface area contributed by atoms with Crippen LogP contribution < -0.4 is 4.90 Å². The van der Waals surface area contributed by atoms with Crippen LogP contribution in [-0.2, 0) is 10.8 Å². The number of rotatable bonds is 5. The third-order valence-corrected chi connectivity index (χ3v) is 11.2. The molecule has 5 aromatic rings. The minimum absolute atomic E-state index is 0.0131. The number of hydrogen-bond donors (Lipinski definition) is 0. The summed E-state index contributed by atoms with van der Waals surface area (Å²) in [5, 5.41) is 0. The molecule has 43 heavy (non-hydrogen) atoms. The highest BCUT2D eigenvalue weighted by Crippen LogP contribution is 2.60. The molecule has 8 rings (SSSR count). The predicted octanol–water partition coefficient (Wildman–Crippen LogP) is 11.8. The van der Waals surface area contributed by atoms with Crippen molar-refractivity contribution in [3.8, 4) is 22.3 Å². The first kappa shape index (κ1) is 26.3. The molecule has 5 aromatic carbocycles. The van der Waals surface area contributed by atoms with Gasteiger partial charge in [-0.05, 0) is 112 Å². The van der Waals surface area contributed by atoms with Crippen LogP contribution in [0.15, 0.2) is 103 Å². The Morgan fingerprint density at radius 2 is 0.930 bits per heavy atom. The van der Waals surface area contributed by atoms with Gasteiger partial charge in [0.1, 0.15) is 0 Å². The van der Waals surface area contributed by atoms with Gasteiger partial charge in [-0.15, -0.1) is 0 Å². The van der Waals surface area contributed by atoms with Crippen LogP contribution in [0.4, 0.5) is 17.1 Å². The number of anilines is 3. The molecule has 2 aliphatic carbocycles. The van der Waals surface area contributed by atoms with Crippen molar-refractivity contribution in [2.24, 2.45) is 0 Å². The van der Waals surface area contributed by atoms with Crippen molar-refractivity contribution in [3.05, 3.63) is 137 Å². The van der Waals surface area contributed by atoms with Gasteiger partial charge in [-0.25, -0.2) is 0 Å². The van der Waals surface area contributed by atoms with Gasteiger partial charge in [0.25, 0.3) is 0 Å². The summed E-state index contributed by atoms with van der Waals surface area (Å²) in [6.07, 6.45) is 8.92. The third-order valence-electron chi connectivity index (χ3n) is 11.2. The molecule has 0 amide bonds. The van der Waals surface area contributed by atoms with E-state index in [1.165, 1.54) is 67.1 Å². The van der Waals surface area contributed by atoms with Crippen molar-refractivity contribution in [3.63, 3.8) is 0 Å². The number of nitrogens with zero attached hydrogens (tertiary/aromatic N) is 1. The molecule has 0 atom stereocenters. The number of para-hydroxylation sites is 2. The second-order valence-corrected chi connectivity index (χ2v) is 12.6. The van der Waals surface area contributed by atoms with Gasteiger partial charge in [0.15, 0.2) is 0 Å². The van der Waals surface area contributed by atoms with E-state index in [4.69, 9.17) is 0 Å². The van der Waals surface area contributed by atoms with Crippen LogP contribution in [0.1, 0.15) is 86.8 Å². The van der Waals surface area contributed by atoms with Crippen LogP contribution in [0.5, 0.6) is 0 Å². The lowest BCUT2D eigenvalue weighted by atomic mass is 9.70. The largest absolute Gasteiger partial charge is 0.309 e. The molecule has 0 bridgehead atoms. The zero-order valence-electron chi connectivity index (χ0n) is 25.7. The zero-order valence-corrected chi connectivity index (χ0v) is 25.7. The van der Waals surface area contributed by atoms with E-state index in [1.807, 2.05) is 0 Å². The van der Waals surface area contributed by atoms with E-state index < -0.39 is 0 Å². The molecule has 0 saturated carbocycles. The van der Waals surface area contributed by atoms with Gasteiger partial charge in [0.05, 0.1) is 11.4 Å². The molecule has 212 valence electrons. The molecule has 1 heteroatoms. The van der Waals surface area contributed by atoms with E-state index in [-0.39, 0.29) is 10.8 Å². The molecule has 1 aliphatic heterocycles. The first-order valence-corrected chi connectivity index (χ1v) is 16.2. The SMILES string of the molecule is CCC1(CC)c2ccccc2-c2cc3c(cc21)C(CC)(CC)c1cc(N2c4ccccc4C=Cc4ccccc42)ccc1-3. The molecule has 0 aromatic heterocycles. The summed E-state index contributed by atoms with van der Waals surface area (Å²) in [6.45, 7) is 9.54. The molecule has 1 heterocycles. The topological polar surface area (TPSA) is 3.24 Å². The van der Waals surface area contributed by atoms with Gasteiger partial charge < -0.3 is 4.90 Å². The Labute approximate surface area is 256 Å². The van der Waals surface area contributed by atoms with Crippen LogP contribution in [0.2, 0.25) is 0 Å². The maximum absolute atomic E-state index is 2.64. The smallest absolute Gasteiger partial charge is 0.0534 e. The molecule has 0 saturated heterocycles. The lowest BCUT2D eigenvalue weighted by Gasteiger charge is -2.34. The molecule has 0 spiro atoms. The van der Waals surface area contributed by atoms with Gasteiger partial charge in [-0.1, -0.05) is 113 Å². The summed E-state index contributed by atoms with van der Waals surface area (Å²) in [4.78, 5) is 2.47. The third kappa shape index (κ3) is 3.40. The van der Waals surface area contributed by atoms with E-state index in [9.17, 15) is 0 Å². The summed E-state index contributed by atoms with van der Waals surface area (Å²) < 4.78 is 0. The molecule has 0 N–H and O–H groups in total. The van der Waals surface area contributed by atoms with Crippen LogP contribution in [0.3, 0.4) is 0 Å². The van der Waals surface area contributed by atoms with E-state index in [0.29, 0.717) is 0 Å². The van der Waals surface area contributed by atoms with E-state index in [0.717, 1.165) is 25.7 Å². The molecule has 0 fully saturated rings. The van der Waals surface area contributed by atoms with Crippen molar-refractivity contribution in [1.29, 1.82) is 0 Å². The quantitative estimate of drug-likeness (QED) is 0.204. The minimum atomic E-state index is -0.0131. The number of benzene rings is 5. The van der Waals surface area contributed by atoms with Crippen LogP contribution >= 0.6 is 0 Å². The fourth-order valence-corrected chi connectivity index (χ4v) is 8.84. The lowest BCUT2D eigenvalue weighted by molar-refractivity contribution is 0.476. The fraction of sp³-hybridized carbons (Fsp3) is 0.238. The fourth-order valence-electron chi connectivity index (χ4n) is 8.84. The monoisotopic (exact) mass is 557 g/mol. The summed E-state index contributed by atoms with van der Waals surface area (Å²) >= 11 is 0. The Balaban J connectivity index is 1.37. The van der Waals surface area contributed by atoms with Crippen molar-refractivity contribution >= 4 is 29.2 Å². The lowest BCUT2D eigenvalue weighted by Crippen LogP contribution is -2.26. The first-order valence-electron chi connectivity index (χ1n) is 16.2. The Morgan fingerprint density at radius 3 is 1.53 bits per heavy atom. The average molecular weight is 558 g/mol. The van der Waals surface area contributed by atoms with Crippen LogP contribution in [0.25, 0.3) is 34.4 Å². The highest BCUT2D eigenvalue weighted by molar-refractivity contribution is 5.95. The van der Waals surface area contributed by atoms with Gasteiger partial charge in [-0.2, -0.15) is 0 Å². The van der Waals surface area contributed by atoms with Crippen molar-refractivity contribution in [1.82, 2.24) is 0 Å². The molecular formula is C42H39N. The average Bonchev–Trinajstić information content (AvgIpc) is 3.42. The highest BCUT2D eigenvalue weighted by Gasteiger charge is 2.46. The Kier molecular flexibility index (Phi) is 5.85. The van der Waals surface area contributed by atoms with Gasteiger partial charge in [0.2, 0.25) is 0 Å². The second-order valence-electron chi connectivity index (χ2n) is 12.6. The first-order chi connectivity index (χ1) is 21.1. The van der Waals surface area contributed by atoms with Crippen LogP contribution in [0, 0.1) is 0 Å². The zero-order chi connectivity index (χ0) is 29.3. The molecule has 0 radical (unpaired) electrons. The Morgan fingerprint density at radius 1 is 0.442 bits per heavy atom. The summed E-state index contributed by atoms with van der Waals surface area (Å²) in [5.74, 6) is 0. The van der Waals surface area contributed by atoms with Crippen molar-refractivity contribution in [2.45, 2.75) is 64.2 Å². The summed E-state index contributed by atoms with van der Waals surface area (Å²) in [6, 6.07) is 39.2. The second kappa shape index (κ2) is 9.58. The number of hydrogen-bond acceptors (Lipinski definition) is 1. The minimum Gasteiger partial charge on any atom is -0.309 e. The van der Waals surface area contributed by atoms with Crippen molar-refractivity contribution in [2.75, 3.05) is 4.90 Å². The van der Waals surface area contributed by atoms with Crippen molar-refractivity contribution < 1.29 is 0 Å². The molecule has 1 nitrogen and oxygen atoms in total. The standard InChI is InChI=1S/C42H39N/c1-5-41(6-2)35-18-12-11-17-31(35)33-26-34-32-24-23-30(25-36(32)42(7-3,8-4)38(34)27-37(33)41)43-39-19-13-9-15-28(39)21-22-29-16-10-14-20-40(29)43/h9-27H,5-8H2,1-4H3. The van der Waals surface area contributed by atoms with Gasteiger partial charge in [-0.3, -0.25) is 0 Å². The number of fused-ring (bicyclic) bond motifs is 8. The molecule has 3 aliphatic rings. The summed E-state index contributed by atoms with van der Waals surface area (Å²) in [5.41, 5.74) is 18.0. The Hall–Kier alpha value is -4.36. The van der Waals surface area contributed by atoms with Crippen LogP contribution in [-0.4, -0.2) is 0 Å². The molecular weight excluding hydrogens is 518 g/mol. The predicted molar refractivity (Wildman–Crippen MR) is 184 cm³/mol. The van der Waals surface area contributed by atoms with E-state index in [2.05, 4.69) is 148 Å². The van der Waals surface area contributed by atoms with Gasteiger partial charge >= 0.3 is 0 Å². The van der Waals surface area contributed by atoms with Gasteiger partial charge in [0, 0.05) is 16.5 Å². The van der Waals surface area contributed by atoms with E-state index >= 15 is 0 Å². The molecule has 0 unspecified atom stereocenters. The Bertz CT molecular complexity index is 1880. The van der Waals surface area contributed by atoms with E-state index in [1.54, 1.807) is 5.56 Å². The summed E-state index contributed by atoms with van der Waals surface area (Å²) in [7, 11) is 0. The maximum Gasteiger partial charge on any atom is 0.0534 e. The maximum atomic E-state index is 2.64. The highest BCUT2D eigenvalue weighted by atomic mass is 15.1.